The number of rotatable bonds is 1. The van der Waals surface area contributed by atoms with Crippen LogP contribution in [0.3, 0.4) is 0 Å². The molecule has 0 spiro atoms. The Morgan fingerprint density at radius 2 is 2.00 bits per heavy atom. The zero-order valence-electron chi connectivity index (χ0n) is 6.25. The van der Waals surface area contributed by atoms with Gasteiger partial charge in [-0.05, 0) is 31.6 Å². The molecule has 2 unspecified atom stereocenters. The molecule has 1 saturated carbocycles. The van der Waals surface area contributed by atoms with Gasteiger partial charge in [-0.15, -0.1) is 0 Å². The van der Waals surface area contributed by atoms with E-state index in [0.29, 0.717) is 12.1 Å². The average molecular weight is 141 g/mol. The van der Waals surface area contributed by atoms with E-state index >= 15 is 0 Å². The van der Waals surface area contributed by atoms with E-state index < -0.39 is 0 Å². The molecule has 0 amide bonds. The minimum Gasteiger partial charge on any atom is -0.378 e. The van der Waals surface area contributed by atoms with Crippen molar-refractivity contribution in [2.24, 2.45) is 11.7 Å². The third kappa shape index (κ3) is 1.32. The molecule has 10 heavy (non-hydrogen) atoms. The van der Waals surface area contributed by atoms with Crippen LogP contribution in [-0.4, -0.2) is 18.8 Å². The molecule has 1 aliphatic heterocycles. The Kier molecular flexibility index (Phi) is 1.66. The van der Waals surface area contributed by atoms with Crippen molar-refractivity contribution in [3.05, 3.63) is 0 Å². The lowest BCUT2D eigenvalue weighted by Gasteiger charge is -2.26. The van der Waals surface area contributed by atoms with Crippen LogP contribution < -0.4 is 5.73 Å². The van der Waals surface area contributed by atoms with Crippen molar-refractivity contribution in [3.63, 3.8) is 0 Å². The molecule has 2 atom stereocenters. The Morgan fingerprint density at radius 1 is 1.20 bits per heavy atom. The summed E-state index contributed by atoms with van der Waals surface area (Å²) in [6.07, 6.45) is 5.42. The highest BCUT2D eigenvalue weighted by Crippen LogP contribution is 2.37. The lowest BCUT2D eigenvalue weighted by atomic mass is 10.0. The molecule has 0 aromatic carbocycles. The SMILES string of the molecule is NC1CCOC(C2CC2)C1. The van der Waals surface area contributed by atoms with Crippen molar-refractivity contribution in [3.8, 4) is 0 Å². The first-order valence-corrected chi connectivity index (χ1v) is 4.23. The van der Waals surface area contributed by atoms with Gasteiger partial charge in [-0.25, -0.2) is 0 Å². The van der Waals surface area contributed by atoms with Crippen molar-refractivity contribution in [2.45, 2.75) is 37.8 Å². The Hall–Kier alpha value is -0.0800. The van der Waals surface area contributed by atoms with E-state index in [1.54, 1.807) is 0 Å². The summed E-state index contributed by atoms with van der Waals surface area (Å²) in [7, 11) is 0. The minimum absolute atomic E-state index is 0.416. The second kappa shape index (κ2) is 2.51. The quantitative estimate of drug-likeness (QED) is 0.589. The average Bonchev–Trinajstić information content (AvgIpc) is 2.68. The zero-order chi connectivity index (χ0) is 6.97. The first-order valence-electron chi connectivity index (χ1n) is 4.23. The summed E-state index contributed by atoms with van der Waals surface area (Å²) in [6, 6.07) is 0.416. The molecule has 2 nitrogen and oxygen atoms in total. The molecule has 2 aliphatic rings. The molecule has 1 heterocycles. The highest BCUT2D eigenvalue weighted by atomic mass is 16.5. The Bertz CT molecular complexity index is 122. The van der Waals surface area contributed by atoms with Gasteiger partial charge in [-0.1, -0.05) is 0 Å². The third-order valence-corrected chi connectivity index (χ3v) is 2.50. The van der Waals surface area contributed by atoms with Gasteiger partial charge in [0.2, 0.25) is 0 Å². The monoisotopic (exact) mass is 141 g/mol. The predicted molar refractivity (Wildman–Crippen MR) is 39.7 cm³/mol. The first kappa shape index (κ1) is 6.62. The normalized spacial score (nSPS) is 41.7. The standard InChI is InChI=1S/C8H15NO/c9-7-3-4-10-8(5-7)6-1-2-6/h6-8H,1-5,9H2. The second-order valence-corrected chi connectivity index (χ2v) is 3.53. The van der Waals surface area contributed by atoms with Crippen LogP contribution in [0.5, 0.6) is 0 Å². The molecule has 2 N–H and O–H groups in total. The Labute approximate surface area is 61.7 Å². The van der Waals surface area contributed by atoms with Gasteiger partial charge in [0.25, 0.3) is 0 Å². The summed E-state index contributed by atoms with van der Waals surface area (Å²) < 4.78 is 5.59. The van der Waals surface area contributed by atoms with Crippen LogP contribution in [0, 0.1) is 5.92 Å². The van der Waals surface area contributed by atoms with Crippen molar-refractivity contribution in [1.82, 2.24) is 0 Å². The van der Waals surface area contributed by atoms with Gasteiger partial charge in [0, 0.05) is 12.6 Å². The lowest BCUT2D eigenvalue weighted by Crippen LogP contribution is -2.35. The highest BCUT2D eigenvalue weighted by molar-refractivity contribution is 4.86. The fraction of sp³-hybridized carbons (Fsp3) is 1.00. The molecule has 2 heteroatoms. The summed E-state index contributed by atoms with van der Waals surface area (Å²) in [5.74, 6) is 0.867. The summed E-state index contributed by atoms with van der Waals surface area (Å²) >= 11 is 0. The molecule has 0 aromatic heterocycles. The maximum Gasteiger partial charge on any atom is 0.0618 e. The molecule has 1 saturated heterocycles. The number of nitrogens with two attached hydrogens (primary N) is 1. The molecule has 1 aliphatic carbocycles. The van der Waals surface area contributed by atoms with E-state index in [2.05, 4.69) is 0 Å². The van der Waals surface area contributed by atoms with Crippen LogP contribution in [0.4, 0.5) is 0 Å². The summed E-state index contributed by atoms with van der Waals surface area (Å²) in [4.78, 5) is 0. The molecule has 0 bridgehead atoms. The van der Waals surface area contributed by atoms with Gasteiger partial charge in [-0.3, -0.25) is 0 Å². The molecule has 2 rings (SSSR count). The Morgan fingerprint density at radius 3 is 2.60 bits per heavy atom. The molecule has 58 valence electrons. The zero-order valence-corrected chi connectivity index (χ0v) is 6.25. The van der Waals surface area contributed by atoms with E-state index in [4.69, 9.17) is 10.5 Å². The van der Waals surface area contributed by atoms with Crippen LogP contribution in [-0.2, 0) is 4.74 Å². The number of hydrogen-bond donors (Lipinski definition) is 1. The van der Waals surface area contributed by atoms with Gasteiger partial charge in [0.1, 0.15) is 0 Å². The Balaban J connectivity index is 1.84. The molecular weight excluding hydrogens is 126 g/mol. The van der Waals surface area contributed by atoms with Crippen molar-refractivity contribution in [1.29, 1.82) is 0 Å². The molecule has 0 aromatic rings. The minimum atomic E-state index is 0.416. The maximum atomic E-state index is 5.81. The topological polar surface area (TPSA) is 35.2 Å². The van der Waals surface area contributed by atoms with Crippen molar-refractivity contribution in [2.75, 3.05) is 6.61 Å². The van der Waals surface area contributed by atoms with Crippen molar-refractivity contribution < 1.29 is 4.74 Å². The predicted octanol–water partition coefficient (Wildman–Crippen LogP) is 0.903. The van der Waals surface area contributed by atoms with Gasteiger partial charge in [0.05, 0.1) is 6.10 Å². The van der Waals surface area contributed by atoms with Crippen LogP contribution in [0.1, 0.15) is 25.7 Å². The van der Waals surface area contributed by atoms with E-state index in [0.717, 1.165) is 25.4 Å². The highest BCUT2D eigenvalue weighted by Gasteiger charge is 2.34. The van der Waals surface area contributed by atoms with E-state index in [-0.39, 0.29) is 0 Å². The smallest absolute Gasteiger partial charge is 0.0618 e. The number of hydrogen-bond acceptors (Lipinski definition) is 2. The van der Waals surface area contributed by atoms with E-state index in [9.17, 15) is 0 Å². The van der Waals surface area contributed by atoms with Crippen LogP contribution in [0.2, 0.25) is 0 Å². The van der Waals surface area contributed by atoms with Crippen LogP contribution >= 0.6 is 0 Å². The number of ether oxygens (including phenoxy) is 1. The van der Waals surface area contributed by atoms with Gasteiger partial charge in [0.15, 0.2) is 0 Å². The van der Waals surface area contributed by atoms with Crippen LogP contribution in [0.25, 0.3) is 0 Å². The van der Waals surface area contributed by atoms with Gasteiger partial charge >= 0.3 is 0 Å². The molecular formula is C8H15NO. The summed E-state index contributed by atoms with van der Waals surface area (Å²) in [6.45, 7) is 0.891. The van der Waals surface area contributed by atoms with E-state index in [1.165, 1.54) is 12.8 Å². The summed E-state index contributed by atoms with van der Waals surface area (Å²) in [5.41, 5.74) is 5.81. The van der Waals surface area contributed by atoms with Gasteiger partial charge < -0.3 is 10.5 Å². The fourth-order valence-electron chi connectivity index (χ4n) is 1.65. The maximum absolute atomic E-state index is 5.81. The fourth-order valence-corrected chi connectivity index (χ4v) is 1.65. The molecule has 2 fully saturated rings. The van der Waals surface area contributed by atoms with Crippen LogP contribution in [0.15, 0.2) is 0 Å². The molecule has 0 radical (unpaired) electrons. The van der Waals surface area contributed by atoms with Gasteiger partial charge in [-0.2, -0.15) is 0 Å². The largest absolute Gasteiger partial charge is 0.378 e. The first-order chi connectivity index (χ1) is 4.86. The van der Waals surface area contributed by atoms with Crippen molar-refractivity contribution >= 4 is 0 Å². The van der Waals surface area contributed by atoms with E-state index in [1.807, 2.05) is 0 Å². The summed E-state index contributed by atoms with van der Waals surface area (Å²) in [5, 5.41) is 0. The third-order valence-electron chi connectivity index (χ3n) is 2.50. The lowest BCUT2D eigenvalue weighted by molar-refractivity contribution is -0.00510. The second-order valence-electron chi connectivity index (χ2n) is 3.53.